The minimum atomic E-state index is -0.234. The van der Waals surface area contributed by atoms with Gasteiger partial charge in [0.25, 0.3) is 5.91 Å². The van der Waals surface area contributed by atoms with Crippen LogP contribution >= 0.6 is 11.6 Å². The molecule has 5 heteroatoms. The van der Waals surface area contributed by atoms with Crippen LogP contribution in [-0.4, -0.2) is 10.9 Å². The van der Waals surface area contributed by atoms with Gasteiger partial charge in [0.1, 0.15) is 0 Å². The van der Waals surface area contributed by atoms with Crippen molar-refractivity contribution in [1.29, 1.82) is 0 Å². The third-order valence-corrected chi connectivity index (χ3v) is 3.08. The topological polar surface area (TPSA) is 68.0 Å². The van der Waals surface area contributed by atoms with E-state index in [1.807, 2.05) is 25.1 Å². The molecule has 98 valence electrons. The Bertz CT molecular complexity index is 601. The number of rotatable bonds is 3. The van der Waals surface area contributed by atoms with Crippen molar-refractivity contribution in [3.8, 4) is 0 Å². The first kappa shape index (κ1) is 13.4. The summed E-state index contributed by atoms with van der Waals surface area (Å²) in [5, 5.41) is 3.21. The quantitative estimate of drug-likeness (QED) is 0.847. The number of anilines is 1. The highest BCUT2D eigenvalue weighted by Crippen LogP contribution is 2.18. The molecule has 0 spiro atoms. The van der Waals surface area contributed by atoms with Gasteiger partial charge in [0.15, 0.2) is 0 Å². The van der Waals surface area contributed by atoms with Crippen LogP contribution in [0.2, 0.25) is 5.02 Å². The molecule has 0 saturated heterocycles. The molecule has 0 bridgehead atoms. The van der Waals surface area contributed by atoms with E-state index in [0.717, 1.165) is 5.56 Å². The van der Waals surface area contributed by atoms with Crippen molar-refractivity contribution in [2.75, 3.05) is 5.73 Å². The molecule has 2 aromatic rings. The number of carbonyl (C=O) groups excluding carboxylic acids is 1. The molecule has 0 radical (unpaired) electrons. The summed E-state index contributed by atoms with van der Waals surface area (Å²) in [5.41, 5.74) is 7.74. The maximum atomic E-state index is 12.1. The highest BCUT2D eigenvalue weighted by molar-refractivity contribution is 6.33. The van der Waals surface area contributed by atoms with Crippen molar-refractivity contribution < 1.29 is 4.79 Å². The SMILES string of the molecule is CC(NC(=O)c1ccncc1Cl)c1cccc(N)c1. The van der Waals surface area contributed by atoms with Crippen LogP contribution in [0, 0.1) is 0 Å². The molecule has 19 heavy (non-hydrogen) atoms. The predicted molar refractivity (Wildman–Crippen MR) is 76.0 cm³/mol. The second kappa shape index (κ2) is 5.71. The summed E-state index contributed by atoms with van der Waals surface area (Å²) in [7, 11) is 0. The summed E-state index contributed by atoms with van der Waals surface area (Å²) in [6.45, 7) is 1.89. The third kappa shape index (κ3) is 3.23. The lowest BCUT2D eigenvalue weighted by molar-refractivity contribution is 0.0940. The van der Waals surface area contributed by atoms with Gasteiger partial charge in [-0.25, -0.2) is 0 Å². The molecule has 0 fully saturated rings. The largest absolute Gasteiger partial charge is 0.399 e. The van der Waals surface area contributed by atoms with Crippen LogP contribution in [0.5, 0.6) is 0 Å². The summed E-state index contributed by atoms with van der Waals surface area (Å²) in [4.78, 5) is 15.9. The highest BCUT2D eigenvalue weighted by Gasteiger charge is 2.14. The zero-order valence-corrected chi connectivity index (χ0v) is 11.2. The maximum absolute atomic E-state index is 12.1. The van der Waals surface area contributed by atoms with Gasteiger partial charge in [-0.1, -0.05) is 23.7 Å². The van der Waals surface area contributed by atoms with E-state index in [1.54, 1.807) is 12.1 Å². The number of pyridine rings is 1. The van der Waals surface area contributed by atoms with E-state index in [2.05, 4.69) is 10.3 Å². The van der Waals surface area contributed by atoms with Gasteiger partial charge in [-0.15, -0.1) is 0 Å². The normalized spacial score (nSPS) is 11.9. The van der Waals surface area contributed by atoms with E-state index < -0.39 is 0 Å². The molecule has 1 atom stereocenters. The van der Waals surface area contributed by atoms with Gasteiger partial charge in [0.2, 0.25) is 0 Å². The molecule has 4 nitrogen and oxygen atoms in total. The minimum absolute atomic E-state index is 0.153. The minimum Gasteiger partial charge on any atom is -0.399 e. The van der Waals surface area contributed by atoms with Crippen LogP contribution in [0.15, 0.2) is 42.7 Å². The van der Waals surface area contributed by atoms with Gasteiger partial charge in [-0.05, 0) is 30.7 Å². The molecule has 0 saturated carbocycles. The summed E-state index contributed by atoms with van der Waals surface area (Å²) >= 11 is 5.93. The molecule has 0 aliphatic heterocycles. The first-order valence-corrected chi connectivity index (χ1v) is 6.21. The number of hydrogen-bond acceptors (Lipinski definition) is 3. The Morgan fingerprint density at radius 1 is 1.42 bits per heavy atom. The van der Waals surface area contributed by atoms with Crippen molar-refractivity contribution in [3.05, 3.63) is 58.9 Å². The van der Waals surface area contributed by atoms with Gasteiger partial charge in [-0.3, -0.25) is 9.78 Å². The monoisotopic (exact) mass is 275 g/mol. The van der Waals surface area contributed by atoms with Crippen LogP contribution in [0.25, 0.3) is 0 Å². The van der Waals surface area contributed by atoms with Crippen molar-refractivity contribution in [2.24, 2.45) is 0 Å². The van der Waals surface area contributed by atoms with Gasteiger partial charge < -0.3 is 11.1 Å². The lowest BCUT2D eigenvalue weighted by Gasteiger charge is -2.15. The molecule has 1 aromatic heterocycles. The molecule has 1 unspecified atom stereocenters. The van der Waals surface area contributed by atoms with Crippen molar-refractivity contribution in [3.63, 3.8) is 0 Å². The Balaban J connectivity index is 2.13. The van der Waals surface area contributed by atoms with Gasteiger partial charge in [-0.2, -0.15) is 0 Å². The molecule has 0 aliphatic rings. The maximum Gasteiger partial charge on any atom is 0.253 e. The Hall–Kier alpha value is -2.07. The fraction of sp³-hybridized carbons (Fsp3) is 0.143. The molecule has 1 aromatic carbocycles. The second-order valence-electron chi connectivity index (χ2n) is 4.22. The van der Waals surface area contributed by atoms with Crippen molar-refractivity contribution in [2.45, 2.75) is 13.0 Å². The Kier molecular flexibility index (Phi) is 4.02. The molecule has 3 N–H and O–H groups in total. The van der Waals surface area contributed by atoms with Gasteiger partial charge in [0, 0.05) is 18.1 Å². The number of nitrogens with one attached hydrogen (secondary N) is 1. The predicted octanol–water partition coefficient (Wildman–Crippen LogP) is 2.81. The summed E-state index contributed by atoms with van der Waals surface area (Å²) in [6.07, 6.45) is 2.98. The second-order valence-corrected chi connectivity index (χ2v) is 4.63. The molecule has 2 rings (SSSR count). The summed E-state index contributed by atoms with van der Waals surface area (Å²) in [6, 6.07) is 8.84. The van der Waals surface area contributed by atoms with E-state index >= 15 is 0 Å². The van der Waals surface area contributed by atoms with E-state index in [4.69, 9.17) is 17.3 Å². The fourth-order valence-electron chi connectivity index (χ4n) is 1.75. The van der Waals surface area contributed by atoms with E-state index in [1.165, 1.54) is 12.4 Å². The summed E-state index contributed by atoms with van der Waals surface area (Å²) in [5.74, 6) is -0.234. The van der Waals surface area contributed by atoms with Crippen molar-refractivity contribution in [1.82, 2.24) is 10.3 Å². The Labute approximate surface area is 116 Å². The zero-order valence-electron chi connectivity index (χ0n) is 10.4. The Morgan fingerprint density at radius 2 is 2.21 bits per heavy atom. The number of benzene rings is 1. The number of carbonyl (C=O) groups is 1. The van der Waals surface area contributed by atoms with E-state index in [9.17, 15) is 4.79 Å². The van der Waals surface area contributed by atoms with Crippen molar-refractivity contribution >= 4 is 23.2 Å². The lowest BCUT2D eigenvalue weighted by Crippen LogP contribution is -2.27. The van der Waals surface area contributed by atoms with E-state index in [0.29, 0.717) is 16.3 Å². The number of nitrogens with two attached hydrogens (primary N) is 1. The standard InChI is InChI=1S/C14H14ClN3O/c1-9(10-3-2-4-11(16)7-10)18-14(19)12-5-6-17-8-13(12)15/h2-9H,16H2,1H3,(H,18,19). The molecule has 1 amide bonds. The average molecular weight is 276 g/mol. The fourth-order valence-corrected chi connectivity index (χ4v) is 1.95. The number of nitrogens with zero attached hydrogens (tertiary/aromatic N) is 1. The number of halogens is 1. The number of hydrogen-bond donors (Lipinski definition) is 2. The molecule has 1 heterocycles. The molecular formula is C14H14ClN3O. The zero-order chi connectivity index (χ0) is 13.8. The number of nitrogen functional groups attached to an aromatic ring is 1. The van der Waals surface area contributed by atoms with Crippen LogP contribution < -0.4 is 11.1 Å². The Morgan fingerprint density at radius 3 is 2.89 bits per heavy atom. The third-order valence-electron chi connectivity index (χ3n) is 2.78. The van der Waals surface area contributed by atoms with Gasteiger partial charge in [0.05, 0.1) is 16.6 Å². The average Bonchev–Trinajstić information content (AvgIpc) is 2.39. The van der Waals surface area contributed by atoms with E-state index in [-0.39, 0.29) is 11.9 Å². The van der Waals surface area contributed by atoms with Crippen LogP contribution in [-0.2, 0) is 0 Å². The highest BCUT2D eigenvalue weighted by atomic mass is 35.5. The molecule has 0 aliphatic carbocycles. The van der Waals surface area contributed by atoms with Crippen LogP contribution in [0.4, 0.5) is 5.69 Å². The number of aromatic nitrogens is 1. The summed E-state index contributed by atoms with van der Waals surface area (Å²) < 4.78 is 0. The lowest BCUT2D eigenvalue weighted by atomic mass is 10.1. The smallest absolute Gasteiger partial charge is 0.253 e. The van der Waals surface area contributed by atoms with Crippen LogP contribution in [0.3, 0.4) is 0 Å². The number of amides is 1. The first-order chi connectivity index (χ1) is 9.08. The molecular weight excluding hydrogens is 262 g/mol. The van der Waals surface area contributed by atoms with Crippen LogP contribution in [0.1, 0.15) is 28.9 Å². The first-order valence-electron chi connectivity index (χ1n) is 5.83. The van der Waals surface area contributed by atoms with Gasteiger partial charge >= 0.3 is 0 Å².